The Morgan fingerprint density at radius 3 is 2.91 bits per heavy atom. The van der Waals surface area contributed by atoms with Crippen molar-refractivity contribution in [1.29, 1.82) is 0 Å². The number of benzene rings is 2. The van der Waals surface area contributed by atoms with Gasteiger partial charge in [-0.15, -0.1) is 0 Å². The van der Waals surface area contributed by atoms with Gasteiger partial charge in [-0.1, -0.05) is 41.6 Å². The van der Waals surface area contributed by atoms with Crippen LogP contribution in [0.25, 0.3) is 6.08 Å². The first-order valence-corrected chi connectivity index (χ1v) is 8.28. The molecular formula is C17H15ClN2O2S. The van der Waals surface area contributed by atoms with Crippen LogP contribution in [-0.2, 0) is 4.79 Å². The summed E-state index contributed by atoms with van der Waals surface area (Å²) in [4.78, 5) is 12.7. The highest BCUT2D eigenvalue weighted by molar-refractivity contribution is 8.05. The Bertz CT molecular complexity index is 792. The largest absolute Gasteiger partial charge is 0.508 e. The Morgan fingerprint density at radius 2 is 2.13 bits per heavy atom. The Labute approximate surface area is 143 Å². The molecule has 0 saturated carbocycles. The number of aromatic hydroxyl groups is 1. The molecule has 23 heavy (non-hydrogen) atoms. The van der Waals surface area contributed by atoms with Crippen LogP contribution in [0.2, 0.25) is 5.02 Å². The van der Waals surface area contributed by atoms with Crippen molar-refractivity contribution < 1.29 is 9.90 Å². The van der Waals surface area contributed by atoms with Gasteiger partial charge in [0, 0.05) is 10.7 Å². The molecule has 1 atom stereocenters. The maximum absolute atomic E-state index is 12.1. The molecule has 1 fully saturated rings. The van der Waals surface area contributed by atoms with Gasteiger partial charge in [0.25, 0.3) is 5.91 Å². The molecule has 3 N–H and O–H groups in total. The van der Waals surface area contributed by atoms with Crippen LogP contribution in [0, 0.1) is 6.92 Å². The number of thioether (sulfide) groups is 1. The van der Waals surface area contributed by atoms with E-state index in [9.17, 15) is 9.90 Å². The fourth-order valence-corrected chi connectivity index (χ4v) is 3.37. The molecule has 0 radical (unpaired) electrons. The molecule has 1 heterocycles. The van der Waals surface area contributed by atoms with Crippen molar-refractivity contribution >= 4 is 41.0 Å². The number of amides is 1. The molecule has 1 saturated heterocycles. The van der Waals surface area contributed by atoms with Gasteiger partial charge in [0.05, 0.1) is 4.91 Å². The third kappa shape index (κ3) is 3.81. The van der Waals surface area contributed by atoms with Gasteiger partial charge in [0.2, 0.25) is 0 Å². The van der Waals surface area contributed by atoms with Crippen LogP contribution in [0.15, 0.2) is 47.4 Å². The monoisotopic (exact) mass is 346 g/mol. The van der Waals surface area contributed by atoms with Gasteiger partial charge in [-0.2, -0.15) is 0 Å². The summed E-state index contributed by atoms with van der Waals surface area (Å²) in [5.41, 5.74) is 2.45. The lowest BCUT2D eigenvalue weighted by Gasteiger charge is -2.15. The second-order valence-electron chi connectivity index (χ2n) is 5.18. The average Bonchev–Trinajstić information content (AvgIpc) is 2.83. The molecule has 0 spiro atoms. The predicted octanol–water partition coefficient (Wildman–Crippen LogP) is 3.95. The number of rotatable bonds is 3. The zero-order valence-corrected chi connectivity index (χ0v) is 13.9. The second kappa shape index (κ2) is 6.56. The Morgan fingerprint density at radius 1 is 1.30 bits per heavy atom. The van der Waals surface area contributed by atoms with E-state index in [0.29, 0.717) is 9.93 Å². The molecule has 1 amide bonds. The van der Waals surface area contributed by atoms with Crippen molar-refractivity contribution in [2.45, 2.75) is 12.4 Å². The van der Waals surface area contributed by atoms with Gasteiger partial charge in [-0.3, -0.25) is 4.79 Å². The standard InChI is InChI=1S/C17H15ClN2O2S/c1-10-5-6-12(18)9-14(10)19-17-20-16(22)15(23-17)8-11-3-2-4-13(21)7-11/h2-9,17,19,21H,1H3,(H,20,22)/b15-8-. The summed E-state index contributed by atoms with van der Waals surface area (Å²) >= 11 is 7.41. The number of carbonyl (C=O) groups is 1. The number of hydrogen-bond donors (Lipinski definition) is 3. The van der Waals surface area contributed by atoms with Crippen molar-refractivity contribution in [3.05, 3.63) is 63.5 Å². The van der Waals surface area contributed by atoms with E-state index in [1.807, 2.05) is 31.2 Å². The normalized spacial score (nSPS) is 19.0. The van der Waals surface area contributed by atoms with E-state index < -0.39 is 0 Å². The summed E-state index contributed by atoms with van der Waals surface area (Å²) in [6.07, 6.45) is 1.76. The van der Waals surface area contributed by atoms with Crippen molar-refractivity contribution in [3.63, 3.8) is 0 Å². The average molecular weight is 347 g/mol. The highest BCUT2D eigenvalue weighted by Crippen LogP contribution is 2.32. The molecule has 1 aliphatic heterocycles. The topological polar surface area (TPSA) is 61.4 Å². The van der Waals surface area contributed by atoms with E-state index >= 15 is 0 Å². The molecule has 3 rings (SSSR count). The number of halogens is 1. The van der Waals surface area contributed by atoms with Crippen molar-refractivity contribution in [2.24, 2.45) is 0 Å². The second-order valence-corrected chi connectivity index (χ2v) is 6.76. The third-order valence-electron chi connectivity index (χ3n) is 3.38. The van der Waals surface area contributed by atoms with Crippen molar-refractivity contribution in [2.75, 3.05) is 5.32 Å². The molecule has 1 aliphatic rings. The van der Waals surface area contributed by atoms with E-state index in [4.69, 9.17) is 11.6 Å². The summed E-state index contributed by atoms with van der Waals surface area (Å²) in [5.74, 6) is 0.0301. The maximum atomic E-state index is 12.1. The van der Waals surface area contributed by atoms with Crippen molar-refractivity contribution in [3.8, 4) is 5.75 Å². The lowest BCUT2D eigenvalue weighted by atomic mass is 10.2. The van der Waals surface area contributed by atoms with Crippen LogP contribution >= 0.6 is 23.4 Å². The highest BCUT2D eigenvalue weighted by Gasteiger charge is 2.27. The Kier molecular flexibility index (Phi) is 4.50. The van der Waals surface area contributed by atoms with Crippen LogP contribution in [0.4, 0.5) is 5.69 Å². The Hall–Kier alpha value is -2.11. The minimum atomic E-state index is -0.261. The number of phenols is 1. The zero-order valence-electron chi connectivity index (χ0n) is 12.3. The van der Waals surface area contributed by atoms with Gasteiger partial charge in [-0.05, 0) is 48.4 Å². The van der Waals surface area contributed by atoms with E-state index in [1.165, 1.54) is 11.8 Å². The predicted molar refractivity (Wildman–Crippen MR) is 95.4 cm³/mol. The molecular weight excluding hydrogens is 332 g/mol. The van der Waals surface area contributed by atoms with Gasteiger partial charge in [-0.25, -0.2) is 0 Å². The minimum absolute atomic E-state index is 0.143. The number of carbonyl (C=O) groups excluding carboxylic acids is 1. The molecule has 2 aromatic rings. The summed E-state index contributed by atoms with van der Waals surface area (Å²) in [6, 6.07) is 12.4. The van der Waals surface area contributed by atoms with E-state index in [1.54, 1.807) is 24.3 Å². The number of hydrogen-bond acceptors (Lipinski definition) is 4. The first kappa shape index (κ1) is 15.8. The number of anilines is 1. The zero-order chi connectivity index (χ0) is 16.4. The van der Waals surface area contributed by atoms with Gasteiger partial charge < -0.3 is 15.7 Å². The fourth-order valence-electron chi connectivity index (χ4n) is 2.22. The molecule has 0 aromatic heterocycles. The summed E-state index contributed by atoms with van der Waals surface area (Å²) < 4.78 is 0. The van der Waals surface area contributed by atoms with Crippen LogP contribution in [0.1, 0.15) is 11.1 Å². The molecule has 0 bridgehead atoms. The van der Waals surface area contributed by atoms with Gasteiger partial charge in [0.1, 0.15) is 5.75 Å². The van der Waals surface area contributed by atoms with E-state index in [-0.39, 0.29) is 17.2 Å². The van der Waals surface area contributed by atoms with Gasteiger partial charge >= 0.3 is 0 Å². The smallest absolute Gasteiger partial charge is 0.260 e. The SMILES string of the molecule is Cc1ccc(Cl)cc1NC1NC(=O)/C(=C/c2cccc(O)c2)S1. The number of aryl methyl sites for hydroxylation is 1. The molecule has 2 aromatic carbocycles. The van der Waals surface area contributed by atoms with E-state index in [0.717, 1.165) is 16.8 Å². The molecule has 4 nitrogen and oxygen atoms in total. The van der Waals surface area contributed by atoms with Crippen molar-refractivity contribution in [1.82, 2.24) is 5.32 Å². The Balaban J connectivity index is 1.76. The molecule has 0 aliphatic carbocycles. The summed E-state index contributed by atoms with van der Waals surface area (Å²) in [7, 11) is 0. The third-order valence-corrected chi connectivity index (χ3v) is 4.65. The number of nitrogens with one attached hydrogen (secondary N) is 2. The lowest BCUT2D eigenvalue weighted by Crippen LogP contribution is -2.31. The fraction of sp³-hybridized carbons (Fsp3) is 0.118. The maximum Gasteiger partial charge on any atom is 0.260 e. The highest BCUT2D eigenvalue weighted by atomic mass is 35.5. The molecule has 118 valence electrons. The van der Waals surface area contributed by atoms with Crippen LogP contribution in [-0.4, -0.2) is 16.5 Å². The number of phenolic OH excluding ortho intramolecular Hbond substituents is 1. The van der Waals surface area contributed by atoms with Crippen LogP contribution in [0.5, 0.6) is 5.75 Å². The van der Waals surface area contributed by atoms with E-state index in [2.05, 4.69) is 10.6 Å². The quantitative estimate of drug-likeness (QED) is 0.736. The molecule has 6 heteroatoms. The minimum Gasteiger partial charge on any atom is -0.508 e. The lowest BCUT2D eigenvalue weighted by molar-refractivity contribution is -0.116. The summed E-state index contributed by atoms with van der Waals surface area (Å²) in [5, 5.41) is 16.3. The first-order chi connectivity index (χ1) is 11.0. The van der Waals surface area contributed by atoms with Gasteiger partial charge in [0.15, 0.2) is 5.50 Å². The van der Waals surface area contributed by atoms with Crippen LogP contribution < -0.4 is 10.6 Å². The summed E-state index contributed by atoms with van der Waals surface area (Å²) in [6.45, 7) is 1.98. The molecule has 1 unspecified atom stereocenters. The van der Waals surface area contributed by atoms with Crippen LogP contribution in [0.3, 0.4) is 0 Å². The first-order valence-electron chi connectivity index (χ1n) is 7.02.